The third-order valence-electron chi connectivity index (χ3n) is 8.14. The second-order valence-corrected chi connectivity index (χ2v) is 12.1. The van der Waals surface area contributed by atoms with Crippen molar-refractivity contribution in [3.63, 3.8) is 0 Å². The molecule has 246 valence electrons. The molecule has 1 N–H and O–H groups in total. The van der Waals surface area contributed by atoms with E-state index >= 15 is 0 Å². The van der Waals surface area contributed by atoms with E-state index in [2.05, 4.69) is 9.98 Å². The average Bonchev–Trinajstić information content (AvgIpc) is 3.69. The van der Waals surface area contributed by atoms with Crippen LogP contribution in [-0.2, 0) is 20.8 Å². The zero-order chi connectivity index (χ0) is 33.8. The standard InChI is InChI=1S/C37H37N5O6/c1-23-10-14-26(15-11-23)35(44)46-21-31-30(48-36(45)27-16-12-24(2)13-17-27)18-29(47-31)28-19-38-33-32(28)40-37(39-22-41(3)4)42(34(33)43)20-25-8-6-5-7-9-25/h5-17,19,22,29-31,38H,18,20-21H2,1-4H3/b39-22-/t29-,30+,31+/m1/s1. The number of benzene rings is 3. The highest BCUT2D eigenvalue weighted by atomic mass is 16.6. The number of aliphatic imine (C=N–C) groups is 1. The predicted octanol–water partition coefficient (Wildman–Crippen LogP) is 5.52. The number of ether oxygens (including phenoxy) is 3. The van der Waals surface area contributed by atoms with Gasteiger partial charge in [-0.2, -0.15) is 0 Å². The van der Waals surface area contributed by atoms with E-state index in [9.17, 15) is 14.4 Å². The summed E-state index contributed by atoms with van der Waals surface area (Å²) in [5.74, 6) is -0.795. The molecule has 3 aromatic carbocycles. The summed E-state index contributed by atoms with van der Waals surface area (Å²) in [6.45, 7) is 4.01. The largest absolute Gasteiger partial charge is 0.459 e. The molecule has 0 saturated carbocycles. The van der Waals surface area contributed by atoms with Crippen LogP contribution >= 0.6 is 0 Å². The van der Waals surface area contributed by atoms with Crippen molar-refractivity contribution in [1.82, 2.24) is 19.4 Å². The Hall–Kier alpha value is -5.55. The van der Waals surface area contributed by atoms with Crippen LogP contribution in [0.4, 0.5) is 5.95 Å². The number of aromatic nitrogens is 3. The highest BCUT2D eigenvalue weighted by Gasteiger charge is 2.41. The van der Waals surface area contributed by atoms with Crippen LogP contribution in [0.3, 0.4) is 0 Å². The smallest absolute Gasteiger partial charge is 0.338 e. The Kier molecular flexibility index (Phi) is 9.49. The molecular formula is C37H37N5O6. The van der Waals surface area contributed by atoms with E-state index in [0.29, 0.717) is 27.7 Å². The first-order valence-corrected chi connectivity index (χ1v) is 15.7. The number of carbonyl (C=O) groups excluding carboxylic acids is 2. The van der Waals surface area contributed by atoms with Crippen LogP contribution in [0.15, 0.2) is 94.8 Å². The molecule has 1 saturated heterocycles. The van der Waals surface area contributed by atoms with Crippen LogP contribution in [0.2, 0.25) is 0 Å². The quantitative estimate of drug-likeness (QED) is 0.119. The van der Waals surface area contributed by atoms with Gasteiger partial charge in [-0.05, 0) is 43.7 Å². The van der Waals surface area contributed by atoms with Gasteiger partial charge < -0.3 is 24.1 Å². The maximum Gasteiger partial charge on any atom is 0.338 e. The lowest BCUT2D eigenvalue weighted by Crippen LogP contribution is -2.32. The number of carbonyl (C=O) groups is 2. The second-order valence-electron chi connectivity index (χ2n) is 12.1. The van der Waals surface area contributed by atoms with Gasteiger partial charge in [-0.1, -0.05) is 65.7 Å². The van der Waals surface area contributed by atoms with Crippen molar-refractivity contribution in [1.29, 1.82) is 0 Å². The first kappa shape index (κ1) is 32.4. The minimum Gasteiger partial charge on any atom is -0.459 e. The van der Waals surface area contributed by atoms with Gasteiger partial charge in [-0.25, -0.2) is 19.6 Å². The fraction of sp³-hybridized carbons (Fsp3) is 0.270. The Balaban J connectivity index is 1.31. The minimum atomic E-state index is -0.770. The van der Waals surface area contributed by atoms with Crippen LogP contribution in [0.25, 0.3) is 11.0 Å². The number of nitrogens with zero attached hydrogens (tertiary/aromatic N) is 4. The Bertz CT molecular complexity index is 2000. The van der Waals surface area contributed by atoms with E-state index in [1.807, 2.05) is 82.5 Å². The number of hydrogen-bond donors (Lipinski definition) is 1. The lowest BCUT2D eigenvalue weighted by Gasteiger charge is -2.19. The Morgan fingerprint density at radius 2 is 1.62 bits per heavy atom. The molecule has 1 aliphatic rings. The summed E-state index contributed by atoms with van der Waals surface area (Å²) < 4.78 is 19.6. The van der Waals surface area contributed by atoms with Crippen molar-refractivity contribution in [3.8, 4) is 0 Å². The molecule has 2 aromatic heterocycles. The summed E-state index contributed by atoms with van der Waals surface area (Å²) in [5, 5.41) is 0. The molecule has 0 aliphatic carbocycles. The van der Waals surface area contributed by atoms with Crippen LogP contribution < -0.4 is 5.56 Å². The lowest BCUT2D eigenvalue weighted by molar-refractivity contribution is -0.0425. The van der Waals surface area contributed by atoms with Gasteiger partial charge in [-0.15, -0.1) is 0 Å². The third-order valence-corrected chi connectivity index (χ3v) is 8.14. The number of nitrogens with one attached hydrogen (secondary N) is 1. The first-order valence-electron chi connectivity index (χ1n) is 15.7. The molecule has 1 aliphatic heterocycles. The van der Waals surface area contributed by atoms with Gasteiger partial charge in [0.15, 0.2) is 0 Å². The summed E-state index contributed by atoms with van der Waals surface area (Å²) in [5.41, 5.74) is 4.79. The zero-order valence-corrected chi connectivity index (χ0v) is 27.3. The number of rotatable bonds is 10. The molecule has 0 amide bonds. The maximum absolute atomic E-state index is 13.9. The SMILES string of the molecule is Cc1ccc(C(=O)OC[C@@H]2O[C@@H](c3c[nH]c4c(=O)n(Cc5ccccc5)c(/N=C\N(C)C)nc34)C[C@@H]2OC(=O)c2ccc(C)cc2)cc1. The van der Waals surface area contributed by atoms with E-state index in [4.69, 9.17) is 19.2 Å². The average molecular weight is 648 g/mol. The number of H-pyrrole nitrogens is 1. The van der Waals surface area contributed by atoms with Crippen LogP contribution in [0.1, 0.15) is 55.5 Å². The summed E-state index contributed by atoms with van der Waals surface area (Å²) in [4.78, 5) is 54.1. The Morgan fingerprint density at radius 3 is 2.27 bits per heavy atom. The van der Waals surface area contributed by atoms with Crippen molar-refractivity contribution in [2.75, 3.05) is 20.7 Å². The molecule has 0 bridgehead atoms. The molecule has 0 radical (unpaired) electrons. The fourth-order valence-corrected chi connectivity index (χ4v) is 5.53. The van der Waals surface area contributed by atoms with Crippen molar-refractivity contribution in [2.45, 2.75) is 45.1 Å². The highest BCUT2D eigenvalue weighted by Crippen LogP contribution is 2.38. The van der Waals surface area contributed by atoms with Crippen LogP contribution in [0, 0.1) is 13.8 Å². The van der Waals surface area contributed by atoms with E-state index in [-0.39, 0.29) is 31.1 Å². The van der Waals surface area contributed by atoms with Crippen molar-refractivity contribution < 1.29 is 23.8 Å². The van der Waals surface area contributed by atoms with E-state index in [1.54, 1.807) is 41.7 Å². The van der Waals surface area contributed by atoms with Gasteiger partial charge in [0.1, 0.15) is 29.8 Å². The molecule has 6 rings (SSSR count). The lowest BCUT2D eigenvalue weighted by atomic mass is 10.1. The number of aryl methyl sites for hydroxylation is 2. The van der Waals surface area contributed by atoms with Crippen molar-refractivity contribution in [2.24, 2.45) is 4.99 Å². The molecule has 3 heterocycles. The molecule has 0 unspecified atom stereocenters. The van der Waals surface area contributed by atoms with Gasteiger partial charge in [0.05, 0.1) is 30.1 Å². The maximum atomic E-state index is 13.9. The summed E-state index contributed by atoms with van der Waals surface area (Å²) in [7, 11) is 3.67. The number of esters is 2. The third kappa shape index (κ3) is 7.21. The topological polar surface area (TPSA) is 128 Å². The van der Waals surface area contributed by atoms with Crippen LogP contribution in [-0.4, -0.2) is 70.6 Å². The highest BCUT2D eigenvalue weighted by molar-refractivity contribution is 5.90. The predicted molar refractivity (Wildman–Crippen MR) is 182 cm³/mol. The van der Waals surface area contributed by atoms with E-state index in [1.165, 1.54) is 4.57 Å². The molecule has 1 fully saturated rings. The summed E-state index contributed by atoms with van der Waals surface area (Å²) >= 11 is 0. The summed E-state index contributed by atoms with van der Waals surface area (Å²) in [6, 6.07) is 23.8. The molecule has 0 spiro atoms. The molecular weight excluding hydrogens is 610 g/mol. The first-order chi connectivity index (χ1) is 23.2. The fourth-order valence-electron chi connectivity index (χ4n) is 5.53. The number of hydrogen-bond acceptors (Lipinski definition) is 8. The van der Waals surface area contributed by atoms with Gasteiger partial charge in [0.2, 0.25) is 5.95 Å². The monoisotopic (exact) mass is 647 g/mol. The Labute approximate surface area is 277 Å². The molecule has 48 heavy (non-hydrogen) atoms. The van der Waals surface area contributed by atoms with Gasteiger partial charge >= 0.3 is 11.9 Å². The Morgan fingerprint density at radius 1 is 0.979 bits per heavy atom. The minimum absolute atomic E-state index is 0.146. The van der Waals surface area contributed by atoms with E-state index < -0.39 is 30.3 Å². The van der Waals surface area contributed by atoms with E-state index in [0.717, 1.165) is 16.7 Å². The normalized spacial score (nSPS) is 17.5. The number of fused-ring (bicyclic) bond motifs is 1. The van der Waals surface area contributed by atoms with Crippen molar-refractivity contribution in [3.05, 3.63) is 129 Å². The van der Waals surface area contributed by atoms with Crippen LogP contribution in [0.5, 0.6) is 0 Å². The van der Waals surface area contributed by atoms with Gasteiger partial charge in [-0.3, -0.25) is 9.36 Å². The number of aromatic amines is 1. The van der Waals surface area contributed by atoms with Crippen molar-refractivity contribution >= 4 is 35.3 Å². The second kappa shape index (κ2) is 14.1. The van der Waals surface area contributed by atoms with Gasteiger partial charge in [0, 0.05) is 32.3 Å². The zero-order valence-electron chi connectivity index (χ0n) is 27.3. The molecule has 3 atom stereocenters. The molecule has 11 heteroatoms. The summed E-state index contributed by atoms with van der Waals surface area (Å²) in [6.07, 6.45) is 1.39. The molecule has 11 nitrogen and oxygen atoms in total. The van der Waals surface area contributed by atoms with Gasteiger partial charge in [0.25, 0.3) is 5.56 Å². The molecule has 5 aromatic rings.